The molecule has 6 heteroatoms. The van der Waals surface area contributed by atoms with Crippen molar-refractivity contribution in [1.29, 1.82) is 0 Å². The van der Waals surface area contributed by atoms with Gasteiger partial charge in [0.2, 0.25) is 5.91 Å². The number of hydrogen-bond donors (Lipinski definition) is 1. The summed E-state index contributed by atoms with van der Waals surface area (Å²) < 4.78 is 36.2. The van der Waals surface area contributed by atoms with Crippen LogP contribution in [0.2, 0.25) is 0 Å². The van der Waals surface area contributed by atoms with Crippen LogP contribution < -0.4 is 5.32 Å². The molecule has 0 radical (unpaired) electrons. The third-order valence-corrected chi connectivity index (χ3v) is 5.10. The third kappa shape index (κ3) is 3.32. The third-order valence-electron chi connectivity index (χ3n) is 3.33. The molecule has 1 heterocycles. The second-order valence-electron chi connectivity index (χ2n) is 4.85. The molecule has 0 aliphatic carbocycles. The maximum absolute atomic E-state index is 13.5. The van der Waals surface area contributed by atoms with Crippen molar-refractivity contribution in [2.75, 3.05) is 11.5 Å². The largest absolute Gasteiger partial charge is 0.349 e. The van der Waals surface area contributed by atoms with Gasteiger partial charge in [0, 0.05) is 5.56 Å². The fraction of sp³-hybridized carbons (Fsp3) is 0.462. The number of benzene rings is 1. The lowest BCUT2D eigenvalue weighted by Crippen LogP contribution is -2.33. The highest BCUT2D eigenvalue weighted by Crippen LogP contribution is 2.21. The molecule has 2 rings (SSSR count). The second-order valence-corrected chi connectivity index (χ2v) is 7.08. The van der Waals surface area contributed by atoms with Crippen molar-refractivity contribution in [1.82, 2.24) is 5.32 Å². The fourth-order valence-electron chi connectivity index (χ4n) is 2.24. The van der Waals surface area contributed by atoms with Crippen LogP contribution in [0.1, 0.15) is 24.9 Å². The van der Waals surface area contributed by atoms with Gasteiger partial charge < -0.3 is 5.32 Å². The van der Waals surface area contributed by atoms with Crippen LogP contribution in [0.15, 0.2) is 24.3 Å². The van der Waals surface area contributed by atoms with Gasteiger partial charge in [-0.2, -0.15) is 0 Å². The average molecular weight is 285 g/mol. The lowest BCUT2D eigenvalue weighted by atomic mass is 10.0. The molecule has 1 aromatic rings. The zero-order valence-corrected chi connectivity index (χ0v) is 11.4. The highest BCUT2D eigenvalue weighted by atomic mass is 32.2. The van der Waals surface area contributed by atoms with E-state index in [1.165, 1.54) is 6.07 Å². The normalized spacial score (nSPS) is 22.9. The molecule has 1 aliphatic rings. The Hall–Kier alpha value is -1.43. The molecule has 1 saturated heterocycles. The van der Waals surface area contributed by atoms with E-state index >= 15 is 0 Å². The first-order valence-electron chi connectivity index (χ1n) is 6.14. The summed E-state index contributed by atoms with van der Waals surface area (Å²) in [4.78, 5) is 11.9. The van der Waals surface area contributed by atoms with Gasteiger partial charge in [0.1, 0.15) is 5.82 Å². The predicted octanol–water partition coefficient (Wildman–Crippen LogP) is 1.44. The maximum atomic E-state index is 13.5. The Morgan fingerprint density at radius 3 is 2.68 bits per heavy atom. The number of nitrogens with one attached hydrogen (secondary N) is 1. The van der Waals surface area contributed by atoms with E-state index in [1.54, 1.807) is 25.1 Å². The lowest BCUT2D eigenvalue weighted by molar-refractivity contribution is -0.124. The zero-order chi connectivity index (χ0) is 14.0. The number of halogens is 1. The standard InChI is InChI=1S/C13H16FNO3S/c1-9(11-4-2-3-5-12(11)14)15-13(16)10-6-7-19(17,18)8-10/h2-5,9-10H,6-8H2,1H3,(H,15,16)/t9-,10+/m0/s1. The molecule has 1 aliphatic heterocycles. The molecule has 1 amide bonds. The van der Waals surface area contributed by atoms with Crippen molar-refractivity contribution < 1.29 is 17.6 Å². The Morgan fingerprint density at radius 1 is 1.42 bits per heavy atom. The summed E-state index contributed by atoms with van der Waals surface area (Å²) in [7, 11) is -3.08. The van der Waals surface area contributed by atoms with E-state index in [4.69, 9.17) is 0 Å². The Morgan fingerprint density at radius 2 is 2.11 bits per heavy atom. The molecule has 1 aromatic carbocycles. The molecular weight excluding hydrogens is 269 g/mol. The molecule has 0 aromatic heterocycles. The molecule has 1 fully saturated rings. The summed E-state index contributed by atoms with van der Waals surface area (Å²) >= 11 is 0. The van der Waals surface area contributed by atoms with Crippen molar-refractivity contribution in [2.45, 2.75) is 19.4 Å². The number of rotatable bonds is 3. The van der Waals surface area contributed by atoms with Crippen molar-refractivity contribution in [3.8, 4) is 0 Å². The molecule has 0 spiro atoms. The molecule has 0 saturated carbocycles. The van der Waals surface area contributed by atoms with Crippen LogP contribution >= 0.6 is 0 Å². The minimum atomic E-state index is -3.08. The van der Waals surface area contributed by atoms with E-state index in [9.17, 15) is 17.6 Å². The Kier molecular flexibility index (Phi) is 3.89. The van der Waals surface area contributed by atoms with Crippen molar-refractivity contribution in [2.24, 2.45) is 5.92 Å². The molecule has 104 valence electrons. The summed E-state index contributed by atoms with van der Waals surface area (Å²) in [5, 5.41) is 2.67. The van der Waals surface area contributed by atoms with Crippen LogP contribution in [-0.2, 0) is 14.6 Å². The topological polar surface area (TPSA) is 63.2 Å². The van der Waals surface area contributed by atoms with Gasteiger partial charge in [-0.1, -0.05) is 18.2 Å². The number of carbonyl (C=O) groups is 1. The molecule has 19 heavy (non-hydrogen) atoms. The Balaban J connectivity index is 2.02. The van der Waals surface area contributed by atoms with Gasteiger partial charge in [0.05, 0.1) is 23.5 Å². The van der Waals surface area contributed by atoms with Gasteiger partial charge in [-0.25, -0.2) is 12.8 Å². The highest BCUT2D eigenvalue weighted by molar-refractivity contribution is 7.91. The zero-order valence-electron chi connectivity index (χ0n) is 10.6. The summed E-state index contributed by atoms with van der Waals surface area (Å²) in [5.41, 5.74) is 0.400. The van der Waals surface area contributed by atoms with Gasteiger partial charge >= 0.3 is 0 Å². The van der Waals surface area contributed by atoms with E-state index < -0.39 is 21.8 Å². The van der Waals surface area contributed by atoms with E-state index in [0.29, 0.717) is 12.0 Å². The molecule has 1 N–H and O–H groups in total. The Bertz CT molecular complexity index is 585. The molecule has 0 unspecified atom stereocenters. The minimum Gasteiger partial charge on any atom is -0.349 e. The predicted molar refractivity (Wildman–Crippen MR) is 69.7 cm³/mol. The Labute approximate surface area is 111 Å². The number of carbonyl (C=O) groups excluding carboxylic acids is 1. The van der Waals surface area contributed by atoms with Crippen molar-refractivity contribution in [3.63, 3.8) is 0 Å². The van der Waals surface area contributed by atoms with Crippen molar-refractivity contribution in [3.05, 3.63) is 35.6 Å². The van der Waals surface area contributed by atoms with Crippen LogP contribution in [0.25, 0.3) is 0 Å². The first-order chi connectivity index (χ1) is 8.89. The number of sulfone groups is 1. The van der Waals surface area contributed by atoms with Crippen LogP contribution in [0.3, 0.4) is 0 Å². The first kappa shape index (κ1) is 14.0. The maximum Gasteiger partial charge on any atom is 0.224 e. The second kappa shape index (κ2) is 5.28. The van der Waals surface area contributed by atoms with Crippen LogP contribution in [0.4, 0.5) is 4.39 Å². The fourth-order valence-corrected chi connectivity index (χ4v) is 3.98. The van der Waals surface area contributed by atoms with Gasteiger partial charge in [0.25, 0.3) is 0 Å². The summed E-state index contributed by atoms with van der Waals surface area (Å²) in [6.07, 6.45) is 0.345. The first-order valence-corrected chi connectivity index (χ1v) is 7.96. The van der Waals surface area contributed by atoms with Gasteiger partial charge in [-0.05, 0) is 19.4 Å². The van der Waals surface area contributed by atoms with Gasteiger partial charge in [-0.15, -0.1) is 0 Å². The molecule has 2 atom stereocenters. The smallest absolute Gasteiger partial charge is 0.224 e. The summed E-state index contributed by atoms with van der Waals surface area (Å²) in [6, 6.07) is 5.74. The van der Waals surface area contributed by atoms with E-state index in [2.05, 4.69) is 5.32 Å². The van der Waals surface area contributed by atoms with Crippen LogP contribution in [0.5, 0.6) is 0 Å². The van der Waals surface area contributed by atoms with E-state index in [0.717, 1.165) is 0 Å². The molecule has 4 nitrogen and oxygen atoms in total. The van der Waals surface area contributed by atoms with Crippen molar-refractivity contribution >= 4 is 15.7 Å². The van der Waals surface area contributed by atoms with E-state index in [1.807, 2.05) is 0 Å². The quantitative estimate of drug-likeness (QED) is 0.914. The van der Waals surface area contributed by atoms with Gasteiger partial charge in [0.15, 0.2) is 9.84 Å². The summed E-state index contributed by atoms with van der Waals surface area (Å²) in [6.45, 7) is 1.68. The van der Waals surface area contributed by atoms with Crippen LogP contribution in [0, 0.1) is 11.7 Å². The number of amides is 1. The van der Waals surface area contributed by atoms with Gasteiger partial charge in [-0.3, -0.25) is 4.79 Å². The lowest BCUT2D eigenvalue weighted by Gasteiger charge is -2.17. The monoisotopic (exact) mass is 285 g/mol. The minimum absolute atomic E-state index is 0.0547. The molecule has 0 bridgehead atoms. The summed E-state index contributed by atoms with van der Waals surface area (Å²) in [5.74, 6) is -1.27. The van der Waals surface area contributed by atoms with Crippen LogP contribution in [-0.4, -0.2) is 25.8 Å². The number of hydrogen-bond acceptors (Lipinski definition) is 3. The van der Waals surface area contributed by atoms with E-state index in [-0.39, 0.29) is 23.2 Å². The molecular formula is C13H16FNO3S. The SMILES string of the molecule is C[C@H](NC(=O)[C@@H]1CCS(=O)(=O)C1)c1ccccc1F. The average Bonchev–Trinajstić information content (AvgIpc) is 2.70. The highest BCUT2D eigenvalue weighted by Gasteiger charge is 2.33.